The summed E-state index contributed by atoms with van der Waals surface area (Å²) >= 11 is 0. The van der Waals surface area contributed by atoms with Gasteiger partial charge in [-0.2, -0.15) is 0 Å². The number of nitrogens with one attached hydrogen (secondary N) is 2. The lowest BCUT2D eigenvalue weighted by molar-refractivity contribution is -0.159. The van der Waals surface area contributed by atoms with Gasteiger partial charge < -0.3 is 31.7 Å². The number of hydrogen-bond acceptors (Lipinski definition) is 6. The molecule has 0 aromatic heterocycles. The third-order valence-corrected chi connectivity index (χ3v) is 7.22. The van der Waals surface area contributed by atoms with Crippen LogP contribution >= 0.6 is 0 Å². The number of carbonyl (C=O) groups is 4. The van der Waals surface area contributed by atoms with Crippen LogP contribution in [0, 0.1) is 11.8 Å². The lowest BCUT2D eigenvalue weighted by Gasteiger charge is -2.31. The van der Waals surface area contributed by atoms with Crippen LogP contribution in [-0.2, 0) is 19.1 Å². The molecule has 11 heteroatoms. The number of likely N-dealkylation sites (tertiary alicyclic amines) is 1. The molecule has 6 N–H and O–H groups in total. The number of esters is 1. The van der Waals surface area contributed by atoms with Crippen LogP contribution in [0.4, 0.5) is 0 Å². The highest BCUT2D eigenvalue weighted by Crippen LogP contribution is 2.31. The molecule has 0 bridgehead atoms. The summed E-state index contributed by atoms with van der Waals surface area (Å²) in [4.78, 5) is 59.7. The molecule has 238 valence electrons. The Balaban J connectivity index is 2.34. The van der Waals surface area contributed by atoms with Gasteiger partial charge in [0.2, 0.25) is 11.8 Å². The summed E-state index contributed by atoms with van der Waals surface area (Å²) in [5, 5.41) is 5.78. The molecule has 0 unspecified atom stereocenters. The van der Waals surface area contributed by atoms with Gasteiger partial charge in [0.15, 0.2) is 5.96 Å². The van der Waals surface area contributed by atoms with Crippen molar-refractivity contribution < 1.29 is 23.9 Å². The van der Waals surface area contributed by atoms with Crippen molar-refractivity contribution >= 4 is 29.7 Å². The number of carbonyl (C=O) groups excluding carboxylic acids is 4. The number of rotatable bonds is 13. The van der Waals surface area contributed by atoms with Crippen LogP contribution in [0.5, 0.6) is 0 Å². The molecule has 1 saturated heterocycles. The quantitative estimate of drug-likeness (QED) is 0.0889. The molecule has 4 atom stereocenters. The van der Waals surface area contributed by atoms with Crippen LogP contribution in [0.25, 0.3) is 0 Å². The van der Waals surface area contributed by atoms with E-state index in [1.165, 1.54) is 4.90 Å². The van der Waals surface area contributed by atoms with Crippen molar-refractivity contribution in [3.05, 3.63) is 47.5 Å². The highest BCUT2D eigenvalue weighted by Gasteiger charge is 2.45. The van der Waals surface area contributed by atoms with Crippen molar-refractivity contribution in [2.75, 3.05) is 13.1 Å². The van der Waals surface area contributed by atoms with E-state index in [4.69, 9.17) is 16.2 Å². The Kier molecular flexibility index (Phi) is 13.2. The van der Waals surface area contributed by atoms with Crippen molar-refractivity contribution in [1.82, 2.24) is 15.5 Å². The summed E-state index contributed by atoms with van der Waals surface area (Å²) in [7, 11) is 0. The van der Waals surface area contributed by atoms with Crippen molar-refractivity contribution in [2.24, 2.45) is 28.3 Å². The molecule has 0 aliphatic carbocycles. The number of allylic oxidation sites excluding steroid dienone is 1. The van der Waals surface area contributed by atoms with Gasteiger partial charge in [-0.15, -0.1) is 0 Å². The highest BCUT2D eigenvalue weighted by atomic mass is 16.6. The van der Waals surface area contributed by atoms with Gasteiger partial charge in [-0.25, -0.2) is 4.79 Å². The third kappa shape index (κ3) is 11.0. The molecule has 1 aromatic rings. The van der Waals surface area contributed by atoms with E-state index < -0.39 is 35.6 Å². The lowest BCUT2D eigenvalue weighted by Crippen LogP contribution is -2.57. The number of nitrogens with two attached hydrogens (primary N) is 2. The maximum atomic E-state index is 14.1. The lowest BCUT2D eigenvalue weighted by atomic mass is 9.96. The predicted octanol–water partition coefficient (Wildman–Crippen LogP) is 2.89. The summed E-state index contributed by atoms with van der Waals surface area (Å²) in [5.74, 6) is -1.89. The predicted molar refractivity (Wildman–Crippen MR) is 168 cm³/mol. The van der Waals surface area contributed by atoms with Crippen molar-refractivity contribution in [3.63, 3.8) is 0 Å². The van der Waals surface area contributed by atoms with Gasteiger partial charge in [-0.05, 0) is 77.0 Å². The van der Waals surface area contributed by atoms with E-state index in [0.717, 1.165) is 5.57 Å². The standard InChI is InChI=1S/C32H50N6O5/c1-8-22-19-38(26(21(22)4)28(40)37-25(18-20(2)3)30(42)43-32(5,6)7)29(41)24(16-12-13-17-35-31(33)34)36-27(39)23-14-10-9-11-15-23/h8-11,14-15,20-21,24-26H,12-13,16-19H2,1-7H3,(H,36,39)(H,37,40)(H4,33,34,35)/b22-8-/t21-,24+,25+,26-/m1/s1. The van der Waals surface area contributed by atoms with Crippen LogP contribution in [-0.4, -0.2) is 71.4 Å². The average Bonchev–Trinajstić information content (AvgIpc) is 3.26. The van der Waals surface area contributed by atoms with Crippen LogP contribution in [0.15, 0.2) is 47.0 Å². The number of ether oxygens (including phenoxy) is 1. The van der Waals surface area contributed by atoms with E-state index >= 15 is 0 Å². The molecule has 1 aliphatic rings. The average molecular weight is 599 g/mol. The molecule has 1 aromatic carbocycles. The van der Waals surface area contributed by atoms with Gasteiger partial charge in [0.05, 0.1) is 0 Å². The Morgan fingerprint density at radius 2 is 1.72 bits per heavy atom. The van der Waals surface area contributed by atoms with E-state index in [1.54, 1.807) is 51.1 Å². The van der Waals surface area contributed by atoms with Crippen LogP contribution < -0.4 is 22.1 Å². The van der Waals surface area contributed by atoms with Crippen molar-refractivity contribution in [3.8, 4) is 0 Å². The van der Waals surface area contributed by atoms with E-state index in [9.17, 15) is 19.2 Å². The van der Waals surface area contributed by atoms with Crippen LogP contribution in [0.3, 0.4) is 0 Å². The summed E-state index contributed by atoms with van der Waals surface area (Å²) < 4.78 is 5.59. The molecule has 11 nitrogen and oxygen atoms in total. The minimum atomic E-state index is -0.886. The summed E-state index contributed by atoms with van der Waals surface area (Å²) in [6, 6.07) is 6.03. The smallest absolute Gasteiger partial charge is 0.329 e. The molecule has 0 spiro atoms. The van der Waals surface area contributed by atoms with E-state index in [0.29, 0.717) is 37.8 Å². The van der Waals surface area contributed by atoms with Gasteiger partial charge in [-0.3, -0.25) is 19.4 Å². The van der Waals surface area contributed by atoms with Gasteiger partial charge >= 0.3 is 5.97 Å². The summed E-state index contributed by atoms with van der Waals surface area (Å²) in [6.07, 6.45) is 3.79. The van der Waals surface area contributed by atoms with E-state index in [2.05, 4.69) is 15.6 Å². The first-order valence-electron chi connectivity index (χ1n) is 15.0. The Bertz CT molecular complexity index is 1170. The zero-order valence-electron chi connectivity index (χ0n) is 26.7. The molecule has 3 amide bonds. The second-order valence-corrected chi connectivity index (χ2v) is 12.5. The largest absolute Gasteiger partial charge is 0.458 e. The Morgan fingerprint density at radius 1 is 1.07 bits per heavy atom. The zero-order chi connectivity index (χ0) is 32.3. The highest BCUT2D eigenvalue weighted by molar-refractivity contribution is 5.99. The van der Waals surface area contributed by atoms with Crippen LogP contribution in [0.2, 0.25) is 0 Å². The number of unbranched alkanes of at least 4 members (excludes halogenated alkanes) is 1. The molecule has 0 radical (unpaired) electrons. The molecule has 2 rings (SSSR count). The molecule has 0 saturated carbocycles. The number of benzene rings is 1. The summed E-state index contributed by atoms with van der Waals surface area (Å²) in [5.41, 5.74) is 11.5. The fraction of sp³-hybridized carbons (Fsp3) is 0.594. The first kappa shape index (κ1) is 35.3. The SMILES string of the molecule is C/C=C1/CN(C(=O)[C@H](CCCCN=C(N)N)NC(=O)c2ccccc2)[C@@H](C(=O)N[C@@H](CC(C)C)C(=O)OC(C)(C)C)[C@@H]1C. The monoisotopic (exact) mass is 598 g/mol. The van der Waals surface area contributed by atoms with Crippen molar-refractivity contribution in [2.45, 2.75) is 97.9 Å². The number of amides is 3. The first-order chi connectivity index (χ1) is 20.1. The van der Waals surface area contributed by atoms with E-state index in [-0.39, 0.29) is 36.2 Å². The Labute approximate surface area is 255 Å². The molecular formula is C32H50N6O5. The minimum absolute atomic E-state index is 0.00838. The normalized spacial score (nSPS) is 19.1. The van der Waals surface area contributed by atoms with Gasteiger partial charge in [-0.1, -0.05) is 45.0 Å². The first-order valence-corrected chi connectivity index (χ1v) is 15.0. The van der Waals surface area contributed by atoms with Gasteiger partial charge in [0.25, 0.3) is 5.91 Å². The van der Waals surface area contributed by atoms with E-state index in [1.807, 2.05) is 33.8 Å². The number of aliphatic imine (C=N–C) groups is 1. The van der Waals surface area contributed by atoms with Gasteiger partial charge in [0.1, 0.15) is 23.7 Å². The summed E-state index contributed by atoms with van der Waals surface area (Å²) in [6.45, 7) is 13.6. The number of hydrogen-bond donors (Lipinski definition) is 4. The number of guanidine groups is 1. The molecule has 1 aliphatic heterocycles. The Morgan fingerprint density at radius 3 is 2.28 bits per heavy atom. The molecule has 1 heterocycles. The maximum absolute atomic E-state index is 14.1. The van der Waals surface area contributed by atoms with Gasteiger partial charge in [0, 0.05) is 24.6 Å². The van der Waals surface area contributed by atoms with Crippen LogP contribution in [0.1, 0.15) is 84.5 Å². The maximum Gasteiger partial charge on any atom is 0.329 e. The minimum Gasteiger partial charge on any atom is -0.458 e. The third-order valence-electron chi connectivity index (χ3n) is 7.22. The van der Waals surface area contributed by atoms with Crippen molar-refractivity contribution in [1.29, 1.82) is 0 Å². The number of nitrogens with zero attached hydrogens (tertiary/aromatic N) is 2. The molecular weight excluding hydrogens is 548 g/mol. The fourth-order valence-corrected chi connectivity index (χ4v) is 5.12. The topological polar surface area (TPSA) is 169 Å². The Hall–Kier alpha value is -3.89. The fourth-order valence-electron chi connectivity index (χ4n) is 5.12. The second kappa shape index (κ2) is 16.1. The molecule has 43 heavy (non-hydrogen) atoms. The second-order valence-electron chi connectivity index (χ2n) is 12.5. The molecule has 1 fully saturated rings. The zero-order valence-corrected chi connectivity index (χ0v) is 26.7.